The van der Waals surface area contributed by atoms with Crippen molar-refractivity contribution in [3.8, 4) is 0 Å². The second-order valence-corrected chi connectivity index (χ2v) is 5.00. The average Bonchev–Trinajstić information content (AvgIpc) is 2.72. The van der Waals surface area contributed by atoms with Crippen molar-refractivity contribution in [1.82, 2.24) is 9.55 Å². The van der Waals surface area contributed by atoms with Gasteiger partial charge in [0.25, 0.3) is 11.5 Å². The minimum Gasteiger partial charge on any atom is -0.312 e. The highest BCUT2D eigenvalue weighted by atomic mass is 19.3. The molecule has 0 aliphatic heterocycles. The third-order valence-corrected chi connectivity index (χ3v) is 3.83. The number of alkyl halides is 2. The molecule has 5 heteroatoms. The molecule has 1 spiro atoms. The maximum atomic E-state index is 12.9. The number of hydrogen-bond donors (Lipinski definition) is 0. The molecule has 0 amide bonds. The lowest BCUT2D eigenvalue weighted by atomic mass is 9.71. The maximum absolute atomic E-state index is 12.9. The van der Waals surface area contributed by atoms with E-state index in [-0.39, 0.29) is 17.9 Å². The molecule has 0 atom stereocenters. The highest BCUT2D eigenvalue weighted by Gasteiger charge is 2.75. The van der Waals surface area contributed by atoms with Gasteiger partial charge in [-0.05, 0) is 18.8 Å². The van der Waals surface area contributed by atoms with Crippen molar-refractivity contribution in [2.75, 3.05) is 0 Å². The first kappa shape index (κ1) is 9.93. The molecular formula is C11H12F2N2O. The second kappa shape index (κ2) is 2.90. The lowest BCUT2D eigenvalue weighted by molar-refractivity contribution is -0.00291. The van der Waals surface area contributed by atoms with Crippen molar-refractivity contribution in [3.05, 3.63) is 28.9 Å². The van der Waals surface area contributed by atoms with Crippen LogP contribution in [0.3, 0.4) is 0 Å². The number of halogens is 2. The van der Waals surface area contributed by atoms with Crippen LogP contribution >= 0.6 is 0 Å². The van der Waals surface area contributed by atoms with Gasteiger partial charge in [-0.1, -0.05) is 0 Å². The van der Waals surface area contributed by atoms with Gasteiger partial charge in [0.2, 0.25) is 0 Å². The summed E-state index contributed by atoms with van der Waals surface area (Å²) in [5.41, 5.74) is -0.861. The van der Waals surface area contributed by atoms with Gasteiger partial charge in [0.15, 0.2) is 0 Å². The van der Waals surface area contributed by atoms with Crippen LogP contribution in [0.2, 0.25) is 0 Å². The quantitative estimate of drug-likeness (QED) is 0.769. The molecule has 3 nitrogen and oxygen atoms in total. The van der Waals surface area contributed by atoms with E-state index in [2.05, 4.69) is 4.98 Å². The van der Waals surface area contributed by atoms with E-state index in [4.69, 9.17) is 0 Å². The van der Waals surface area contributed by atoms with Gasteiger partial charge in [0.05, 0.1) is 6.20 Å². The highest BCUT2D eigenvalue weighted by Crippen LogP contribution is 2.72. The first-order valence-electron chi connectivity index (χ1n) is 5.41. The monoisotopic (exact) mass is 226 g/mol. The Morgan fingerprint density at radius 2 is 2.19 bits per heavy atom. The normalized spacial score (nSPS) is 34.8. The Morgan fingerprint density at radius 3 is 2.75 bits per heavy atom. The van der Waals surface area contributed by atoms with Crippen LogP contribution in [-0.2, 0) is 6.54 Å². The topological polar surface area (TPSA) is 34.9 Å². The Bertz CT molecular complexity index is 477. The summed E-state index contributed by atoms with van der Waals surface area (Å²) in [5.74, 6) is -2.22. The third-order valence-electron chi connectivity index (χ3n) is 3.83. The molecule has 86 valence electrons. The summed E-state index contributed by atoms with van der Waals surface area (Å²) in [5, 5.41) is 0. The molecule has 0 bridgehead atoms. The van der Waals surface area contributed by atoms with Crippen LogP contribution in [0.1, 0.15) is 19.3 Å². The van der Waals surface area contributed by atoms with Crippen LogP contribution in [0.15, 0.2) is 23.4 Å². The van der Waals surface area contributed by atoms with E-state index in [0.717, 1.165) is 0 Å². The Kier molecular flexibility index (Phi) is 1.80. The molecule has 0 unspecified atom stereocenters. The smallest absolute Gasteiger partial charge is 0.268 e. The Balaban J connectivity index is 1.64. The van der Waals surface area contributed by atoms with Crippen molar-refractivity contribution in [2.45, 2.75) is 31.7 Å². The summed E-state index contributed by atoms with van der Waals surface area (Å²) < 4.78 is 27.4. The molecule has 16 heavy (non-hydrogen) atoms. The first-order valence-corrected chi connectivity index (χ1v) is 5.41. The van der Waals surface area contributed by atoms with E-state index >= 15 is 0 Å². The molecule has 2 fully saturated rings. The fourth-order valence-corrected chi connectivity index (χ4v) is 2.80. The summed E-state index contributed by atoms with van der Waals surface area (Å²) in [7, 11) is 0. The lowest BCUT2D eigenvalue weighted by Crippen LogP contribution is -2.35. The first-order chi connectivity index (χ1) is 7.52. The third kappa shape index (κ3) is 1.30. The zero-order chi connectivity index (χ0) is 11.4. The van der Waals surface area contributed by atoms with E-state index in [9.17, 15) is 13.6 Å². The largest absolute Gasteiger partial charge is 0.312 e. The molecule has 2 aliphatic carbocycles. The molecule has 2 saturated carbocycles. The summed E-state index contributed by atoms with van der Waals surface area (Å²) in [6.07, 6.45) is 5.55. The molecule has 0 radical (unpaired) electrons. The van der Waals surface area contributed by atoms with E-state index in [1.807, 2.05) is 0 Å². The van der Waals surface area contributed by atoms with Gasteiger partial charge in [-0.25, -0.2) is 8.78 Å². The van der Waals surface area contributed by atoms with E-state index in [1.54, 1.807) is 17.0 Å². The highest BCUT2D eigenvalue weighted by molar-refractivity contribution is 5.16. The van der Waals surface area contributed by atoms with Gasteiger partial charge in [-0.15, -0.1) is 0 Å². The predicted molar refractivity (Wildman–Crippen MR) is 53.2 cm³/mol. The second-order valence-electron chi connectivity index (χ2n) is 5.00. The van der Waals surface area contributed by atoms with Crippen molar-refractivity contribution in [3.63, 3.8) is 0 Å². The van der Waals surface area contributed by atoms with Gasteiger partial charge in [0.1, 0.15) is 0 Å². The van der Waals surface area contributed by atoms with Crippen molar-refractivity contribution < 1.29 is 8.78 Å². The Labute approximate surface area is 91.1 Å². The fraction of sp³-hybridized carbons (Fsp3) is 0.636. The zero-order valence-electron chi connectivity index (χ0n) is 8.70. The molecule has 0 aromatic carbocycles. The minimum absolute atomic E-state index is 0.0434. The molecule has 0 N–H and O–H groups in total. The standard InChI is InChI=1S/C11H12F2N2O/c12-11(13)7-10(11)3-8(4-10)6-15-2-1-14-5-9(15)16/h1-2,5,8H,3-4,6-7H2. The molecule has 3 rings (SSSR count). The number of hydrogen-bond acceptors (Lipinski definition) is 2. The zero-order valence-corrected chi connectivity index (χ0v) is 8.70. The number of nitrogens with zero attached hydrogens (tertiary/aromatic N) is 2. The summed E-state index contributed by atoms with van der Waals surface area (Å²) in [4.78, 5) is 15.1. The van der Waals surface area contributed by atoms with E-state index in [0.29, 0.717) is 19.4 Å². The minimum atomic E-state index is -2.44. The van der Waals surface area contributed by atoms with Gasteiger partial charge < -0.3 is 4.57 Å². The fourth-order valence-electron chi connectivity index (χ4n) is 2.80. The molecule has 1 aromatic heterocycles. The van der Waals surface area contributed by atoms with Gasteiger partial charge in [-0.3, -0.25) is 9.78 Å². The van der Waals surface area contributed by atoms with E-state index < -0.39 is 11.3 Å². The number of rotatable bonds is 2. The number of aromatic nitrogens is 2. The van der Waals surface area contributed by atoms with Crippen molar-refractivity contribution in [1.29, 1.82) is 0 Å². The maximum Gasteiger partial charge on any atom is 0.268 e. The summed E-state index contributed by atoms with van der Waals surface area (Å²) in [6.45, 7) is 0.541. The molecular weight excluding hydrogens is 214 g/mol. The van der Waals surface area contributed by atoms with Crippen LogP contribution < -0.4 is 5.56 Å². The Hall–Kier alpha value is -1.26. The SMILES string of the molecule is O=c1cnccn1CC1CC2(C1)CC2(F)F. The average molecular weight is 226 g/mol. The predicted octanol–water partition coefficient (Wildman–Crippen LogP) is 1.68. The van der Waals surface area contributed by atoms with Crippen LogP contribution in [0.5, 0.6) is 0 Å². The van der Waals surface area contributed by atoms with Crippen LogP contribution in [-0.4, -0.2) is 15.5 Å². The van der Waals surface area contributed by atoms with Crippen LogP contribution in [0, 0.1) is 11.3 Å². The Morgan fingerprint density at radius 1 is 1.50 bits per heavy atom. The van der Waals surface area contributed by atoms with Crippen molar-refractivity contribution >= 4 is 0 Å². The molecule has 2 aliphatic rings. The lowest BCUT2D eigenvalue weighted by Gasteiger charge is -2.36. The van der Waals surface area contributed by atoms with E-state index in [1.165, 1.54) is 6.20 Å². The molecule has 1 aromatic rings. The molecule has 1 heterocycles. The van der Waals surface area contributed by atoms with Gasteiger partial charge in [0, 0.05) is 30.8 Å². The van der Waals surface area contributed by atoms with Crippen LogP contribution in [0.4, 0.5) is 8.78 Å². The van der Waals surface area contributed by atoms with Crippen LogP contribution in [0.25, 0.3) is 0 Å². The van der Waals surface area contributed by atoms with Crippen molar-refractivity contribution in [2.24, 2.45) is 11.3 Å². The van der Waals surface area contributed by atoms with Gasteiger partial charge >= 0.3 is 0 Å². The summed E-state index contributed by atoms with van der Waals surface area (Å²) in [6, 6.07) is 0. The summed E-state index contributed by atoms with van der Waals surface area (Å²) >= 11 is 0. The molecule has 0 saturated heterocycles. The van der Waals surface area contributed by atoms with Gasteiger partial charge in [-0.2, -0.15) is 0 Å².